The average Bonchev–Trinajstić information content (AvgIpc) is 3.25. The number of methoxy groups -OCH3 is 1. The van der Waals surface area contributed by atoms with Crippen LogP contribution < -0.4 is 14.8 Å². The predicted octanol–water partition coefficient (Wildman–Crippen LogP) is 4.15. The van der Waals surface area contributed by atoms with Gasteiger partial charge < -0.3 is 14.8 Å². The number of benzene rings is 2. The molecule has 2 aromatic rings. The van der Waals surface area contributed by atoms with Crippen molar-refractivity contribution in [3.63, 3.8) is 0 Å². The molecule has 0 radical (unpaired) electrons. The van der Waals surface area contributed by atoms with Gasteiger partial charge in [0.1, 0.15) is 6.61 Å². The molecule has 1 aliphatic rings. The van der Waals surface area contributed by atoms with Gasteiger partial charge in [0.05, 0.1) is 13.2 Å². The lowest BCUT2D eigenvalue weighted by atomic mass is 10.1. The van der Waals surface area contributed by atoms with Crippen LogP contribution in [-0.4, -0.2) is 37.0 Å². The molecule has 0 bridgehead atoms. The largest absolute Gasteiger partial charge is 0.493 e. The van der Waals surface area contributed by atoms with E-state index in [1.165, 1.54) is 12.8 Å². The summed E-state index contributed by atoms with van der Waals surface area (Å²) in [5.41, 5.74) is 2.19. The molecule has 0 heterocycles. The number of hydrogen-bond donors (Lipinski definition) is 1. The smallest absolute Gasteiger partial charge is 0.237 e. The minimum atomic E-state index is -0.185. The van der Waals surface area contributed by atoms with Crippen molar-refractivity contribution in [1.82, 2.24) is 10.2 Å². The van der Waals surface area contributed by atoms with E-state index in [1.807, 2.05) is 62.5 Å². The maximum absolute atomic E-state index is 12.5. The van der Waals surface area contributed by atoms with Gasteiger partial charge in [0.2, 0.25) is 5.91 Å². The van der Waals surface area contributed by atoms with Gasteiger partial charge in [-0.2, -0.15) is 0 Å². The Bertz CT molecular complexity index is 788. The summed E-state index contributed by atoms with van der Waals surface area (Å²) in [6.07, 6.45) is 4.63. The van der Waals surface area contributed by atoms with E-state index in [9.17, 15) is 4.79 Å². The van der Waals surface area contributed by atoms with E-state index in [0.29, 0.717) is 24.9 Å². The summed E-state index contributed by atoms with van der Waals surface area (Å²) >= 11 is 0. The van der Waals surface area contributed by atoms with Crippen molar-refractivity contribution in [2.24, 2.45) is 0 Å². The van der Waals surface area contributed by atoms with E-state index in [-0.39, 0.29) is 11.9 Å². The van der Waals surface area contributed by atoms with Gasteiger partial charge in [0, 0.05) is 12.6 Å². The number of carbonyl (C=O) groups is 1. The predicted molar refractivity (Wildman–Crippen MR) is 115 cm³/mol. The second-order valence-electron chi connectivity index (χ2n) is 7.84. The minimum Gasteiger partial charge on any atom is -0.493 e. The number of amides is 1. The molecule has 5 heteroatoms. The Labute approximate surface area is 174 Å². The van der Waals surface area contributed by atoms with Crippen LogP contribution in [0.4, 0.5) is 0 Å². The summed E-state index contributed by atoms with van der Waals surface area (Å²) in [5, 5.41) is 3.18. The topological polar surface area (TPSA) is 50.8 Å². The number of hydrogen-bond acceptors (Lipinski definition) is 4. The van der Waals surface area contributed by atoms with E-state index in [0.717, 1.165) is 29.7 Å². The van der Waals surface area contributed by atoms with Gasteiger partial charge >= 0.3 is 0 Å². The molecular formula is C24H32N2O3. The van der Waals surface area contributed by atoms with Crippen molar-refractivity contribution in [3.05, 3.63) is 59.7 Å². The van der Waals surface area contributed by atoms with Crippen LogP contribution in [0.2, 0.25) is 0 Å². The van der Waals surface area contributed by atoms with Crippen LogP contribution in [0.3, 0.4) is 0 Å². The number of nitrogens with one attached hydrogen (secondary N) is 1. The second kappa shape index (κ2) is 10.3. The highest BCUT2D eigenvalue weighted by molar-refractivity contribution is 5.81. The van der Waals surface area contributed by atoms with Crippen molar-refractivity contribution < 1.29 is 14.3 Å². The number of carbonyl (C=O) groups excluding carboxylic acids is 1. The zero-order valence-electron chi connectivity index (χ0n) is 17.7. The van der Waals surface area contributed by atoms with E-state index >= 15 is 0 Å². The first-order valence-electron chi connectivity index (χ1n) is 10.4. The molecule has 5 nitrogen and oxygen atoms in total. The quantitative estimate of drug-likeness (QED) is 0.692. The van der Waals surface area contributed by atoms with Gasteiger partial charge in [0.15, 0.2) is 11.5 Å². The summed E-state index contributed by atoms with van der Waals surface area (Å²) in [4.78, 5) is 14.6. The molecule has 1 atom stereocenters. The molecular weight excluding hydrogens is 364 g/mol. The maximum atomic E-state index is 12.5. The standard InChI is InChI=1S/C24H32N2O3/c1-18(24(27)25-21-11-7-8-12-21)26(2)16-20-13-14-22(23(15-20)28-3)29-17-19-9-5-4-6-10-19/h4-6,9-10,13-15,18,21H,7-8,11-12,16-17H2,1-3H3,(H,25,27)/t18-/m0/s1. The fraction of sp³-hybridized carbons (Fsp3) is 0.458. The minimum absolute atomic E-state index is 0.106. The van der Waals surface area contributed by atoms with E-state index in [4.69, 9.17) is 9.47 Å². The highest BCUT2D eigenvalue weighted by Crippen LogP contribution is 2.29. The van der Waals surface area contributed by atoms with Crippen LogP contribution in [0, 0.1) is 0 Å². The summed E-state index contributed by atoms with van der Waals surface area (Å²) in [6, 6.07) is 16.2. The monoisotopic (exact) mass is 396 g/mol. The van der Waals surface area contributed by atoms with Gasteiger partial charge in [-0.15, -0.1) is 0 Å². The van der Waals surface area contributed by atoms with Gasteiger partial charge in [-0.05, 0) is 50.1 Å². The highest BCUT2D eigenvalue weighted by atomic mass is 16.5. The van der Waals surface area contributed by atoms with Crippen LogP contribution in [0.1, 0.15) is 43.7 Å². The number of likely N-dealkylation sites (N-methyl/N-ethyl adjacent to an activating group) is 1. The van der Waals surface area contributed by atoms with Crippen LogP contribution in [-0.2, 0) is 17.9 Å². The first-order valence-corrected chi connectivity index (χ1v) is 10.4. The number of ether oxygens (including phenoxy) is 2. The summed E-state index contributed by atoms with van der Waals surface area (Å²) in [5.74, 6) is 1.53. The van der Waals surface area contributed by atoms with Gasteiger partial charge in [-0.1, -0.05) is 49.2 Å². The van der Waals surface area contributed by atoms with Crippen molar-refractivity contribution in [3.8, 4) is 11.5 Å². The average molecular weight is 397 g/mol. The molecule has 2 aromatic carbocycles. The molecule has 1 saturated carbocycles. The molecule has 0 spiro atoms. The third kappa shape index (κ3) is 5.97. The molecule has 29 heavy (non-hydrogen) atoms. The van der Waals surface area contributed by atoms with Crippen molar-refractivity contribution in [1.29, 1.82) is 0 Å². The van der Waals surface area contributed by atoms with Gasteiger partial charge in [-0.3, -0.25) is 9.69 Å². The lowest BCUT2D eigenvalue weighted by Gasteiger charge is -2.25. The molecule has 0 saturated heterocycles. The summed E-state index contributed by atoms with van der Waals surface area (Å²) < 4.78 is 11.5. The van der Waals surface area contributed by atoms with Crippen molar-refractivity contribution >= 4 is 5.91 Å². The first-order chi connectivity index (χ1) is 14.1. The number of nitrogens with zero attached hydrogens (tertiary/aromatic N) is 1. The molecule has 1 amide bonds. The molecule has 3 rings (SSSR count). The van der Waals surface area contributed by atoms with E-state index in [1.54, 1.807) is 7.11 Å². The van der Waals surface area contributed by atoms with E-state index < -0.39 is 0 Å². The zero-order chi connectivity index (χ0) is 20.6. The second-order valence-corrected chi connectivity index (χ2v) is 7.84. The van der Waals surface area contributed by atoms with Gasteiger partial charge in [-0.25, -0.2) is 0 Å². The lowest BCUT2D eigenvalue weighted by Crippen LogP contribution is -2.46. The fourth-order valence-electron chi connectivity index (χ4n) is 3.68. The Balaban J connectivity index is 1.57. The summed E-state index contributed by atoms with van der Waals surface area (Å²) in [7, 11) is 3.63. The normalized spacial score (nSPS) is 15.3. The fourth-order valence-corrected chi connectivity index (χ4v) is 3.68. The molecule has 0 aliphatic heterocycles. The van der Waals surface area contributed by atoms with Crippen molar-refractivity contribution in [2.45, 2.75) is 57.8 Å². The third-order valence-electron chi connectivity index (χ3n) is 5.64. The lowest BCUT2D eigenvalue weighted by molar-refractivity contribution is -0.126. The molecule has 0 aromatic heterocycles. The van der Waals surface area contributed by atoms with Crippen LogP contribution in [0.15, 0.2) is 48.5 Å². The Morgan fingerprint density at radius 2 is 1.83 bits per heavy atom. The zero-order valence-corrected chi connectivity index (χ0v) is 17.7. The molecule has 156 valence electrons. The highest BCUT2D eigenvalue weighted by Gasteiger charge is 2.23. The SMILES string of the molecule is COc1cc(CN(C)[C@@H](C)C(=O)NC2CCCC2)ccc1OCc1ccccc1. The Kier molecular flexibility index (Phi) is 7.53. The maximum Gasteiger partial charge on any atom is 0.237 e. The third-order valence-corrected chi connectivity index (χ3v) is 5.64. The molecule has 1 fully saturated rings. The van der Waals surface area contributed by atoms with Crippen LogP contribution in [0.25, 0.3) is 0 Å². The Morgan fingerprint density at radius 1 is 1.10 bits per heavy atom. The van der Waals surface area contributed by atoms with Gasteiger partial charge in [0.25, 0.3) is 0 Å². The van der Waals surface area contributed by atoms with Crippen LogP contribution in [0.5, 0.6) is 11.5 Å². The Hall–Kier alpha value is -2.53. The van der Waals surface area contributed by atoms with Crippen LogP contribution >= 0.6 is 0 Å². The molecule has 0 unspecified atom stereocenters. The summed E-state index contributed by atoms with van der Waals surface area (Å²) in [6.45, 7) is 3.11. The Morgan fingerprint density at radius 3 is 2.52 bits per heavy atom. The molecule has 1 N–H and O–H groups in total. The van der Waals surface area contributed by atoms with E-state index in [2.05, 4.69) is 10.2 Å². The molecule has 1 aliphatic carbocycles. The first kappa shape index (κ1) is 21.2. The number of rotatable bonds is 9. The van der Waals surface area contributed by atoms with Crippen molar-refractivity contribution in [2.75, 3.05) is 14.2 Å².